The van der Waals surface area contributed by atoms with Crippen LogP contribution in [0.1, 0.15) is 51.4 Å². The number of aromatic nitrogens is 1. The van der Waals surface area contributed by atoms with Crippen LogP contribution in [-0.2, 0) is 4.74 Å². The molecule has 0 bridgehead atoms. The lowest BCUT2D eigenvalue weighted by molar-refractivity contribution is 0.158. The number of amides is 1. The molecule has 8 heteroatoms. The molecule has 29 heavy (non-hydrogen) atoms. The number of hydrogen-bond acceptors (Lipinski definition) is 5. The second kappa shape index (κ2) is 17.0. The second-order valence-electron chi connectivity index (χ2n) is 6.47. The first kappa shape index (κ1) is 24.0. The van der Waals surface area contributed by atoms with E-state index >= 15 is 0 Å². The fourth-order valence-corrected chi connectivity index (χ4v) is 2.61. The highest BCUT2D eigenvalue weighted by Crippen LogP contribution is 2.09. The molecule has 1 heterocycles. The van der Waals surface area contributed by atoms with Crippen molar-refractivity contribution in [2.75, 3.05) is 19.7 Å². The van der Waals surface area contributed by atoms with Crippen molar-refractivity contribution >= 4 is 17.7 Å². The summed E-state index contributed by atoms with van der Waals surface area (Å²) in [4.78, 5) is 19.5. The molecular formula is C21H32N6O2. The molecule has 0 spiro atoms. The zero-order chi connectivity index (χ0) is 21.0. The third kappa shape index (κ3) is 13.7. The first-order chi connectivity index (χ1) is 14.3. The third-order valence-electron chi connectivity index (χ3n) is 4.08. The van der Waals surface area contributed by atoms with Crippen molar-refractivity contribution in [3.8, 4) is 6.19 Å². The molecule has 0 unspecified atom stereocenters. The predicted octanol–water partition coefficient (Wildman–Crippen LogP) is 3.76. The van der Waals surface area contributed by atoms with Gasteiger partial charge in [0.25, 0.3) is 0 Å². The second-order valence-corrected chi connectivity index (χ2v) is 6.47. The maximum Gasteiger partial charge on any atom is 0.407 e. The standard InChI is InChI=1S/C21H32N6O2/c1-2-17-29-21(28)25-14-10-8-6-4-3-5-7-9-13-24-20(26-18-22)27-19-11-15-23-16-12-19/h2,11-12,15-16H,1,3-10,13-14,17H2,(H,25,28)(H2,23,24,26,27). The van der Waals surface area contributed by atoms with Crippen molar-refractivity contribution in [2.45, 2.75) is 51.4 Å². The van der Waals surface area contributed by atoms with Crippen LogP contribution in [0.25, 0.3) is 0 Å². The molecule has 3 N–H and O–H groups in total. The minimum atomic E-state index is -0.377. The number of guanidine groups is 1. The molecule has 0 aromatic carbocycles. The molecule has 0 aliphatic rings. The Hall–Kier alpha value is -3.08. The van der Waals surface area contributed by atoms with E-state index in [1.807, 2.05) is 6.19 Å². The van der Waals surface area contributed by atoms with E-state index in [9.17, 15) is 4.79 Å². The Morgan fingerprint density at radius 2 is 1.66 bits per heavy atom. The van der Waals surface area contributed by atoms with Gasteiger partial charge in [-0.05, 0) is 25.0 Å². The average Bonchev–Trinajstić information content (AvgIpc) is 2.73. The Balaban J connectivity index is 1.97. The van der Waals surface area contributed by atoms with Crippen molar-refractivity contribution < 1.29 is 9.53 Å². The van der Waals surface area contributed by atoms with Crippen LogP contribution in [0.3, 0.4) is 0 Å². The van der Waals surface area contributed by atoms with Crippen LogP contribution in [0.15, 0.2) is 42.2 Å². The maximum atomic E-state index is 11.2. The van der Waals surface area contributed by atoms with Crippen LogP contribution in [0, 0.1) is 11.5 Å². The van der Waals surface area contributed by atoms with Gasteiger partial charge in [-0.1, -0.05) is 51.2 Å². The van der Waals surface area contributed by atoms with Crippen molar-refractivity contribution in [2.24, 2.45) is 4.99 Å². The summed E-state index contributed by atoms with van der Waals surface area (Å²) in [5.41, 5.74) is 0.745. The van der Waals surface area contributed by atoms with Gasteiger partial charge in [-0.25, -0.2) is 9.79 Å². The SMILES string of the molecule is C=CCOC(=O)NCCCCCCCCCCNC(=Nc1ccncc1)NC#N. The molecule has 0 saturated carbocycles. The maximum absolute atomic E-state index is 11.2. The lowest BCUT2D eigenvalue weighted by atomic mass is 10.1. The summed E-state index contributed by atoms with van der Waals surface area (Å²) in [6, 6.07) is 3.57. The monoisotopic (exact) mass is 400 g/mol. The largest absolute Gasteiger partial charge is 0.445 e. The molecule has 1 aromatic rings. The van der Waals surface area contributed by atoms with E-state index in [4.69, 9.17) is 10.00 Å². The smallest absolute Gasteiger partial charge is 0.407 e. The van der Waals surface area contributed by atoms with Gasteiger partial charge in [0.15, 0.2) is 6.19 Å². The van der Waals surface area contributed by atoms with Crippen molar-refractivity contribution in [1.82, 2.24) is 20.9 Å². The molecule has 0 fully saturated rings. The topological polar surface area (TPSA) is 111 Å². The van der Waals surface area contributed by atoms with E-state index in [1.165, 1.54) is 25.7 Å². The van der Waals surface area contributed by atoms with Crippen molar-refractivity contribution in [1.29, 1.82) is 5.26 Å². The number of ether oxygens (including phenoxy) is 1. The summed E-state index contributed by atoms with van der Waals surface area (Å²) >= 11 is 0. The first-order valence-corrected chi connectivity index (χ1v) is 10.2. The van der Waals surface area contributed by atoms with E-state index in [0.29, 0.717) is 12.5 Å². The minimum absolute atomic E-state index is 0.245. The highest BCUT2D eigenvalue weighted by atomic mass is 16.5. The molecule has 1 aromatic heterocycles. The summed E-state index contributed by atoms with van der Waals surface area (Å²) < 4.78 is 4.84. The Labute approximate surface area is 173 Å². The Bertz CT molecular complexity index is 642. The zero-order valence-corrected chi connectivity index (χ0v) is 17.0. The molecule has 1 amide bonds. The number of nitrogens with zero attached hydrogens (tertiary/aromatic N) is 3. The zero-order valence-electron chi connectivity index (χ0n) is 17.0. The van der Waals surface area contributed by atoms with Gasteiger partial charge in [0.1, 0.15) is 6.61 Å². The van der Waals surface area contributed by atoms with E-state index in [-0.39, 0.29) is 12.7 Å². The molecule has 0 radical (unpaired) electrons. The van der Waals surface area contributed by atoms with Crippen molar-refractivity contribution in [3.05, 3.63) is 37.2 Å². The Morgan fingerprint density at radius 3 is 2.24 bits per heavy atom. The highest BCUT2D eigenvalue weighted by molar-refractivity contribution is 5.83. The molecule has 0 aliphatic heterocycles. The first-order valence-electron chi connectivity index (χ1n) is 10.2. The minimum Gasteiger partial charge on any atom is -0.445 e. The molecule has 0 aliphatic carbocycles. The number of nitriles is 1. The van der Waals surface area contributed by atoms with E-state index < -0.39 is 0 Å². The van der Waals surface area contributed by atoms with Crippen LogP contribution in [-0.4, -0.2) is 36.7 Å². The van der Waals surface area contributed by atoms with Gasteiger partial charge in [-0.3, -0.25) is 10.3 Å². The predicted molar refractivity (Wildman–Crippen MR) is 115 cm³/mol. The summed E-state index contributed by atoms with van der Waals surface area (Å²) in [6.45, 7) is 5.16. The number of carbonyl (C=O) groups is 1. The van der Waals surface area contributed by atoms with Gasteiger partial charge in [-0.2, -0.15) is 5.26 Å². The lowest BCUT2D eigenvalue weighted by Gasteiger charge is -2.08. The number of nitrogens with one attached hydrogen (secondary N) is 3. The summed E-state index contributed by atoms with van der Waals surface area (Å²) in [6.07, 6.45) is 15.4. The number of hydrogen-bond donors (Lipinski definition) is 3. The van der Waals surface area contributed by atoms with Gasteiger partial charge in [-0.15, -0.1) is 0 Å². The fraction of sp³-hybridized carbons (Fsp3) is 0.524. The molecule has 1 rings (SSSR count). The molecular weight excluding hydrogens is 368 g/mol. The summed E-state index contributed by atoms with van der Waals surface area (Å²) in [7, 11) is 0. The lowest BCUT2D eigenvalue weighted by Crippen LogP contribution is -2.34. The number of unbranched alkanes of at least 4 members (excludes halogenated alkanes) is 7. The fourth-order valence-electron chi connectivity index (χ4n) is 2.61. The third-order valence-corrected chi connectivity index (χ3v) is 4.08. The number of alkyl carbamates (subject to hydrolysis) is 1. The molecule has 0 saturated heterocycles. The number of carbonyl (C=O) groups excluding carboxylic acids is 1. The average molecular weight is 401 g/mol. The van der Waals surface area contributed by atoms with Crippen molar-refractivity contribution in [3.63, 3.8) is 0 Å². The van der Waals surface area contributed by atoms with E-state index in [2.05, 4.69) is 32.5 Å². The molecule has 0 atom stereocenters. The quantitative estimate of drug-likeness (QED) is 0.109. The van der Waals surface area contributed by atoms with Gasteiger partial charge >= 0.3 is 6.09 Å². The number of rotatable bonds is 14. The Morgan fingerprint density at radius 1 is 1.07 bits per heavy atom. The Kier molecular flexibility index (Phi) is 14.1. The number of pyridine rings is 1. The van der Waals surface area contributed by atoms with Gasteiger partial charge in [0, 0.05) is 25.5 Å². The van der Waals surface area contributed by atoms with Crippen LogP contribution < -0.4 is 16.0 Å². The van der Waals surface area contributed by atoms with Gasteiger partial charge in [0.2, 0.25) is 5.96 Å². The van der Waals surface area contributed by atoms with Crippen LogP contribution in [0.2, 0.25) is 0 Å². The van der Waals surface area contributed by atoms with E-state index in [1.54, 1.807) is 30.6 Å². The highest BCUT2D eigenvalue weighted by Gasteiger charge is 2.00. The normalized spacial score (nSPS) is 10.7. The molecule has 158 valence electrons. The summed E-state index contributed by atoms with van der Waals surface area (Å²) in [5, 5.41) is 17.3. The van der Waals surface area contributed by atoms with Gasteiger partial charge < -0.3 is 15.4 Å². The van der Waals surface area contributed by atoms with Crippen LogP contribution >= 0.6 is 0 Å². The molecule has 8 nitrogen and oxygen atoms in total. The number of aliphatic imine (C=N–C) groups is 1. The van der Waals surface area contributed by atoms with Crippen LogP contribution in [0.5, 0.6) is 0 Å². The summed E-state index contributed by atoms with van der Waals surface area (Å²) in [5.74, 6) is 0.459. The van der Waals surface area contributed by atoms with Crippen LogP contribution in [0.4, 0.5) is 10.5 Å². The van der Waals surface area contributed by atoms with Gasteiger partial charge in [0.05, 0.1) is 5.69 Å². The van der Waals surface area contributed by atoms with E-state index in [0.717, 1.165) is 37.9 Å².